The molecule has 0 aliphatic heterocycles. The van der Waals surface area contributed by atoms with E-state index in [-0.39, 0.29) is 16.5 Å². The summed E-state index contributed by atoms with van der Waals surface area (Å²) >= 11 is 5.97. The fraction of sp³-hybridized carbons (Fsp3) is 0.300. The Balaban J connectivity index is 2.14. The fourth-order valence-electron chi connectivity index (χ4n) is 1.43. The SMILES string of the molecule is CCNc1ncc(S(=O)(=O)NCc2ncn[nH]2)cc1Cl. The lowest BCUT2D eigenvalue weighted by atomic mass is 10.4. The quantitative estimate of drug-likeness (QED) is 0.725. The average Bonchev–Trinajstić information content (AvgIpc) is 2.92. The van der Waals surface area contributed by atoms with Crippen LogP contribution in [0.2, 0.25) is 5.02 Å². The number of halogens is 1. The fourth-order valence-corrected chi connectivity index (χ4v) is 2.68. The normalized spacial score (nSPS) is 11.5. The number of hydrogen-bond acceptors (Lipinski definition) is 6. The average molecular weight is 317 g/mol. The van der Waals surface area contributed by atoms with E-state index in [9.17, 15) is 8.42 Å². The molecule has 0 fully saturated rings. The minimum atomic E-state index is -3.70. The maximum absolute atomic E-state index is 12.1. The molecule has 0 aromatic carbocycles. The first-order valence-corrected chi connectivity index (χ1v) is 7.62. The van der Waals surface area contributed by atoms with Gasteiger partial charge in [0.2, 0.25) is 10.0 Å². The highest BCUT2D eigenvalue weighted by molar-refractivity contribution is 7.89. The minimum Gasteiger partial charge on any atom is -0.369 e. The summed E-state index contributed by atoms with van der Waals surface area (Å²) in [6.07, 6.45) is 2.54. The molecule has 0 amide bonds. The molecule has 0 unspecified atom stereocenters. The molecular weight excluding hydrogens is 304 g/mol. The number of nitrogens with one attached hydrogen (secondary N) is 3. The zero-order chi connectivity index (χ0) is 14.6. The molecule has 8 nitrogen and oxygen atoms in total. The Kier molecular flexibility index (Phi) is 4.53. The lowest BCUT2D eigenvalue weighted by molar-refractivity contribution is 0.579. The van der Waals surface area contributed by atoms with Crippen LogP contribution in [0.4, 0.5) is 5.82 Å². The topological polar surface area (TPSA) is 113 Å². The predicted molar refractivity (Wildman–Crippen MR) is 73.8 cm³/mol. The van der Waals surface area contributed by atoms with Gasteiger partial charge >= 0.3 is 0 Å². The summed E-state index contributed by atoms with van der Waals surface area (Å²) in [6.45, 7) is 2.54. The van der Waals surface area contributed by atoms with E-state index in [4.69, 9.17) is 11.6 Å². The molecule has 20 heavy (non-hydrogen) atoms. The number of pyridine rings is 1. The van der Waals surface area contributed by atoms with E-state index >= 15 is 0 Å². The first kappa shape index (κ1) is 14.7. The molecule has 2 heterocycles. The van der Waals surface area contributed by atoms with Crippen molar-refractivity contribution >= 4 is 27.4 Å². The Labute approximate surface area is 121 Å². The van der Waals surface area contributed by atoms with E-state index in [0.717, 1.165) is 0 Å². The number of hydrogen-bond donors (Lipinski definition) is 3. The van der Waals surface area contributed by atoms with Crippen molar-refractivity contribution in [2.75, 3.05) is 11.9 Å². The number of nitrogens with zero attached hydrogens (tertiary/aromatic N) is 3. The molecule has 2 rings (SSSR count). The summed E-state index contributed by atoms with van der Waals surface area (Å²) in [5.41, 5.74) is 0. The molecule has 0 spiro atoms. The highest BCUT2D eigenvalue weighted by Gasteiger charge is 2.16. The third kappa shape index (κ3) is 3.44. The van der Waals surface area contributed by atoms with Crippen LogP contribution >= 0.6 is 11.6 Å². The zero-order valence-corrected chi connectivity index (χ0v) is 12.2. The van der Waals surface area contributed by atoms with Crippen LogP contribution in [0.25, 0.3) is 0 Å². The smallest absolute Gasteiger partial charge is 0.242 e. The van der Waals surface area contributed by atoms with E-state index < -0.39 is 10.0 Å². The number of aromatic amines is 1. The molecule has 2 aromatic heterocycles. The second-order valence-electron chi connectivity index (χ2n) is 3.79. The molecule has 0 atom stereocenters. The van der Waals surface area contributed by atoms with E-state index in [1.54, 1.807) is 0 Å². The van der Waals surface area contributed by atoms with Crippen LogP contribution in [-0.4, -0.2) is 35.1 Å². The lowest BCUT2D eigenvalue weighted by Crippen LogP contribution is -2.24. The van der Waals surface area contributed by atoms with Gasteiger partial charge in [-0.1, -0.05) is 11.6 Å². The van der Waals surface area contributed by atoms with Crippen molar-refractivity contribution in [3.63, 3.8) is 0 Å². The second kappa shape index (κ2) is 6.16. The van der Waals surface area contributed by atoms with Crippen molar-refractivity contribution in [1.82, 2.24) is 24.9 Å². The number of H-pyrrole nitrogens is 1. The van der Waals surface area contributed by atoms with Gasteiger partial charge in [-0.05, 0) is 13.0 Å². The van der Waals surface area contributed by atoms with Gasteiger partial charge in [0.05, 0.1) is 11.6 Å². The summed E-state index contributed by atoms with van der Waals surface area (Å²) in [4.78, 5) is 7.79. The molecular formula is C10H13ClN6O2S. The lowest BCUT2D eigenvalue weighted by Gasteiger charge is -2.08. The Morgan fingerprint density at radius 1 is 1.40 bits per heavy atom. The Bertz CT molecular complexity index is 673. The third-order valence-corrected chi connectivity index (χ3v) is 4.02. The predicted octanol–water partition coefficient (Wildman–Crippen LogP) is 0.763. The van der Waals surface area contributed by atoms with Crippen LogP contribution in [0.1, 0.15) is 12.7 Å². The first-order chi connectivity index (χ1) is 9.53. The van der Waals surface area contributed by atoms with Crippen molar-refractivity contribution < 1.29 is 8.42 Å². The van der Waals surface area contributed by atoms with Crippen molar-refractivity contribution in [2.24, 2.45) is 0 Å². The van der Waals surface area contributed by atoms with Crippen molar-refractivity contribution in [3.8, 4) is 0 Å². The highest BCUT2D eigenvalue weighted by atomic mass is 35.5. The molecule has 2 aromatic rings. The van der Waals surface area contributed by atoms with Crippen LogP contribution in [0.15, 0.2) is 23.5 Å². The van der Waals surface area contributed by atoms with Crippen LogP contribution in [0.5, 0.6) is 0 Å². The highest BCUT2D eigenvalue weighted by Crippen LogP contribution is 2.22. The maximum atomic E-state index is 12.1. The summed E-state index contributed by atoms with van der Waals surface area (Å²) < 4.78 is 26.5. The molecule has 0 saturated carbocycles. The van der Waals surface area contributed by atoms with Gasteiger partial charge in [-0.15, -0.1) is 0 Å². The summed E-state index contributed by atoms with van der Waals surface area (Å²) in [5.74, 6) is 0.861. The van der Waals surface area contributed by atoms with Crippen molar-refractivity contribution in [3.05, 3.63) is 29.4 Å². The standard InChI is InChI=1S/C10H13ClN6O2S/c1-2-12-10-8(11)3-7(4-13-10)20(18,19)16-5-9-14-6-15-17-9/h3-4,6,16H,2,5H2,1H3,(H,12,13)(H,14,15,17). The number of aromatic nitrogens is 4. The van der Waals surface area contributed by atoms with Gasteiger partial charge < -0.3 is 5.32 Å². The summed E-state index contributed by atoms with van der Waals surface area (Å²) in [7, 11) is -3.70. The van der Waals surface area contributed by atoms with Gasteiger partial charge in [-0.25, -0.2) is 23.1 Å². The van der Waals surface area contributed by atoms with Crippen LogP contribution in [-0.2, 0) is 16.6 Å². The van der Waals surface area contributed by atoms with Crippen molar-refractivity contribution in [2.45, 2.75) is 18.4 Å². The Morgan fingerprint density at radius 2 is 2.20 bits per heavy atom. The Hall–Kier alpha value is -1.71. The van der Waals surface area contributed by atoms with Gasteiger partial charge in [0.15, 0.2) is 0 Å². The number of sulfonamides is 1. The molecule has 0 saturated heterocycles. The van der Waals surface area contributed by atoms with E-state index in [1.165, 1.54) is 18.6 Å². The maximum Gasteiger partial charge on any atom is 0.242 e. The molecule has 10 heteroatoms. The van der Waals surface area contributed by atoms with E-state index in [1.807, 2.05) is 6.92 Å². The molecule has 3 N–H and O–H groups in total. The number of anilines is 1. The van der Waals surface area contributed by atoms with Crippen LogP contribution in [0.3, 0.4) is 0 Å². The van der Waals surface area contributed by atoms with E-state index in [2.05, 4.69) is 30.2 Å². The zero-order valence-electron chi connectivity index (χ0n) is 10.6. The molecule has 0 aliphatic rings. The summed E-state index contributed by atoms with van der Waals surface area (Å²) in [5, 5.41) is 9.36. The van der Waals surface area contributed by atoms with Crippen LogP contribution < -0.4 is 10.0 Å². The van der Waals surface area contributed by atoms with Gasteiger partial charge in [-0.3, -0.25) is 5.10 Å². The molecule has 0 bridgehead atoms. The van der Waals surface area contributed by atoms with Gasteiger partial charge in [0.25, 0.3) is 0 Å². The number of rotatable bonds is 6. The molecule has 0 aliphatic carbocycles. The largest absolute Gasteiger partial charge is 0.369 e. The minimum absolute atomic E-state index is 0.00884. The molecule has 0 radical (unpaired) electrons. The monoisotopic (exact) mass is 316 g/mol. The van der Waals surface area contributed by atoms with Crippen LogP contribution in [0, 0.1) is 0 Å². The third-order valence-electron chi connectivity index (χ3n) is 2.37. The van der Waals surface area contributed by atoms with Crippen molar-refractivity contribution in [1.29, 1.82) is 0 Å². The summed E-state index contributed by atoms with van der Waals surface area (Å²) in [6, 6.07) is 1.34. The van der Waals surface area contributed by atoms with Gasteiger partial charge in [-0.2, -0.15) is 5.10 Å². The second-order valence-corrected chi connectivity index (χ2v) is 5.96. The Morgan fingerprint density at radius 3 is 2.80 bits per heavy atom. The first-order valence-electron chi connectivity index (χ1n) is 5.76. The van der Waals surface area contributed by atoms with Gasteiger partial charge in [0, 0.05) is 12.7 Å². The molecule has 108 valence electrons. The van der Waals surface area contributed by atoms with E-state index in [0.29, 0.717) is 18.2 Å². The van der Waals surface area contributed by atoms with Gasteiger partial charge in [0.1, 0.15) is 22.9 Å².